The van der Waals surface area contributed by atoms with Crippen molar-refractivity contribution in [3.8, 4) is 0 Å². The van der Waals surface area contributed by atoms with Gasteiger partial charge < -0.3 is 0 Å². The fraction of sp³-hybridized carbons (Fsp3) is 0.895. The van der Waals surface area contributed by atoms with Crippen LogP contribution >= 0.6 is 0 Å². The molecule has 0 aliphatic heterocycles. The zero-order chi connectivity index (χ0) is 15.8. The Bertz CT molecular complexity index is 450. The molecule has 3 aliphatic carbocycles. The number of aliphatic hydroxyl groups is 1. The third-order valence-electron chi connectivity index (χ3n) is 7.15. The standard InChI is InChI=1S/C19H32O2Se/c1-18(2)16-10-11-19(18,17(20)13-16)14-22(21)12-6-9-15-7-4-3-5-8-15/h6,9,15-17,20H,3-5,7-8,10-14H2,1-2H3/b9-6+/t16-,17-,19-,22?/m1/s1. The number of rotatable bonds is 5. The van der Waals surface area contributed by atoms with Gasteiger partial charge >= 0.3 is 140 Å². The molecule has 22 heavy (non-hydrogen) atoms. The quantitative estimate of drug-likeness (QED) is 0.560. The van der Waals surface area contributed by atoms with Gasteiger partial charge in [-0.15, -0.1) is 0 Å². The molecular formula is C19H32O2Se. The van der Waals surface area contributed by atoms with Crippen molar-refractivity contribution in [2.75, 3.05) is 0 Å². The molecule has 3 saturated carbocycles. The maximum absolute atomic E-state index is 12.7. The van der Waals surface area contributed by atoms with Crippen molar-refractivity contribution in [2.24, 2.45) is 22.7 Å². The summed E-state index contributed by atoms with van der Waals surface area (Å²) in [6.07, 6.45) is 14.3. The van der Waals surface area contributed by atoms with Gasteiger partial charge in [0.1, 0.15) is 0 Å². The summed E-state index contributed by atoms with van der Waals surface area (Å²) in [7, 11) is 0. The van der Waals surface area contributed by atoms with Crippen molar-refractivity contribution in [1.82, 2.24) is 0 Å². The topological polar surface area (TPSA) is 37.3 Å². The normalized spacial score (nSPS) is 39.6. The zero-order valence-electron chi connectivity index (χ0n) is 14.2. The number of hydrogen-bond acceptors (Lipinski definition) is 2. The molecule has 0 heterocycles. The van der Waals surface area contributed by atoms with E-state index < -0.39 is 13.8 Å². The summed E-state index contributed by atoms with van der Waals surface area (Å²) < 4.78 is 12.7. The predicted octanol–water partition coefficient (Wildman–Crippen LogP) is 4.73. The van der Waals surface area contributed by atoms with E-state index in [2.05, 4.69) is 26.0 Å². The van der Waals surface area contributed by atoms with Crippen LogP contribution in [0.25, 0.3) is 0 Å². The summed E-state index contributed by atoms with van der Waals surface area (Å²) in [6.45, 7) is 4.61. The van der Waals surface area contributed by atoms with Gasteiger partial charge in [-0.1, -0.05) is 0 Å². The van der Waals surface area contributed by atoms with Gasteiger partial charge in [-0.3, -0.25) is 0 Å². The molecule has 2 bridgehead atoms. The fourth-order valence-corrected chi connectivity index (χ4v) is 9.03. The summed E-state index contributed by atoms with van der Waals surface area (Å²) in [5, 5.41) is 12.1. The number of aliphatic hydroxyl groups excluding tert-OH is 1. The first kappa shape index (κ1) is 16.9. The molecular weight excluding hydrogens is 339 g/mol. The number of hydrogen-bond donors (Lipinski definition) is 1. The molecule has 0 spiro atoms. The van der Waals surface area contributed by atoms with Crippen LogP contribution in [0.15, 0.2) is 12.2 Å². The molecule has 126 valence electrons. The second-order valence-corrected chi connectivity index (χ2v) is 11.6. The summed E-state index contributed by atoms with van der Waals surface area (Å²) in [5.74, 6) is 1.37. The molecule has 4 atom stereocenters. The van der Waals surface area contributed by atoms with Gasteiger partial charge in [0.2, 0.25) is 0 Å². The van der Waals surface area contributed by atoms with E-state index in [1.54, 1.807) is 0 Å². The minimum absolute atomic E-state index is 0.0528. The third kappa shape index (κ3) is 2.89. The van der Waals surface area contributed by atoms with Crippen molar-refractivity contribution in [1.29, 1.82) is 0 Å². The van der Waals surface area contributed by atoms with Crippen molar-refractivity contribution in [3.63, 3.8) is 0 Å². The molecule has 2 nitrogen and oxygen atoms in total. The average Bonchev–Trinajstić information content (AvgIpc) is 2.82. The van der Waals surface area contributed by atoms with Crippen molar-refractivity contribution >= 4 is 13.8 Å². The van der Waals surface area contributed by atoms with E-state index in [9.17, 15) is 8.94 Å². The SMILES string of the molecule is CC1(C)[C@@H]2CC[C@@]1(C[Se](=O)C/C=C/C1CCCCC1)[C@H](O)C2. The van der Waals surface area contributed by atoms with Crippen LogP contribution in [-0.2, 0) is 3.83 Å². The van der Waals surface area contributed by atoms with Crippen LogP contribution in [0.4, 0.5) is 0 Å². The molecule has 0 aromatic carbocycles. The average molecular weight is 371 g/mol. The molecule has 1 N–H and O–H groups in total. The molecule has 0 aromatic rings. The molecule has 0 amide bonds. The zero-order valence-corrected chi connectivity index (χ0v) is 15.9. The van der Waals surface area contributed by atoms with Crippen LogP contribution in [-0.4, -0.2) is 25.0 Å². The third-order valence-corrected chi connectivity index (χ3v) is 10.1. The Balaban J connectivity index is 1.56. The van der Waals surface area contributed by atoms with Gasteiger partial charge in [-0.2, -0.15) is 0 Å². The van der Waals surface area contributed by atoms with Gasteiger partial charge in [-0.25, -0.2) is 0 Å². The summed E-state index contributed by atoms with van der Waals surface area (Å²) in [5.41, 5.74) is 0.119. The van der Waals surface area contributed by atoms with Crippen LogP contribution in [0.1, 0.15) is 65.2 Å². The molecule has 0 radical (unpaired) electrons. The molecule has 0 saturated heterocycles. The number of allylic oxidation sites excluding steroid dienone is 2. The predicted molar refractivity (Wildman–Crippen MR) is 91.3 cm³/mol. The van der Waals surface area contributed by atoms with Gasteiger partial charge in [0, 0.05) is 0 Å². The Morgan fingerprint density at radius 1 is 1.18 bits per heavy atom. The first-order chi connectivity index (χ1) is 10.5. The Hall–Kier alpha value is 0.0195. The molecule has 3 heteroatoms. The van der Waals surface area contributed by atoms with Crippen LogP contribution in [0.3, 0.4) is 0 Å². The van der Waals surface area contributed by atoms with E-state index in [4.69, 9.17) is 0 Å². The fourth-order valence-electron chi connectivity index (χ4n) is 5.41. The first-order valence-corrected chi connectivity index (χ1v) is 12.3. The van der Waals surface area contributed by atoms with Gasteiger partial charge in [0.25, 0.3) is 0 Å². The molecule has 0 aromatic heterocycles. The Kier molecular flexibility index (Phi) is 4.98. The maximum atomic E-state index is 12.7. The van der Waals surface area contributed by atoms with E-state index in [1.165, 1.54) is 38.5 Å². The van der Waals surface area contributed by atoms with Gasteiger partial charge in [0.15, 0.2) is 0 Å². The summed E-state index contributed by atoms with van der Waals surface area (Å²) >= 11 is -1.86. The molecule has 3 aliphatic rings. The monoisotopic (exact) mass is 372 g/mol. The van der Waals surface area contributed by atoms with E-state index in [0.717, 1.165) is 29.4 Å². The van der Waals surface area contributed by atoms with Crippen LogP contribution < -0.4 is 0 Å². The molecule has 1 unspecified atom stereocenters. The first-order valence-electron chi connectivity index (χ1n) is 9.15. The Morgan fingerprint density at radius 2 is 1.91 bits per heavy atom. The van der Waals surface area contributed by atoms with Crippen LogP contribution in [0.5, 0.6) is 0 Å². The van der Waals surface area contributed by atoms with E-state index in [1.807, 2.05) is 0 Å². The van der Waals surface area contributed by atoms with E-state index in [-0.39, 0.29) is 16.9 Å². The van der Waals surface area contributed by atoms with Gasteiger partial charge in [-0.05, 0) is 0 Å². The van der Waals surface area contributed by atoms with Crippen molar-refractivity contribution < 1.29 is 8.94 Å². The minimum atomic E-state index is -1.86. The molecule has 3 rings (SSSR count). The van der Waals surface area contributed by atoms with E-state index >= 15 is 0 Å². The second-order valence-electron chi connectivity index (χ2n) is 8.44. The van der Waals surface area contributed by atoms with Gasteiger partial charge in [0.05, 0.1) is 0 Å². The Labute approximate surface area is 139 Å². The Morgan fingerprint density at radius 3 is 2.50 bits per heavy atom. The summed E-state index contributed by atoms with van der Waals surface area (Å²) in [6, 6.07) is 0. The van der Waals surface area contributed by atoms with E-state index in [0.29, 0.717) is 5.92 Å². The van der Waals surface area contributed by atoms with Crippen LogP contribution in [0, 0.1) is 22.7 Å². The van der Waals surface area contributed by atoms with Crippen molar-refractivity contribution in [3.05, 3.63) is 12.2 Å². The number of fused-ring (bicyclic) bond motifs is 2. The van der Waals surface area contributed by atoms with Crippen molar-refractivity contribution in [2.45, 2.75) is 82.0 Å². The molecule has 3 fully saturated rings. The second kappa shape index (κ2) is 6.49. The summed E-state index contributed by atoms with van der Waals surface area (Å²) in [4.78, 5) is 0. The van der Waals surface area contributed by atoms with Crippen LogP contribution in [0.2, 0.25) is 10.6 Å².